The molecule has 0 aliphatic heterocycles. The minimum atomic E-state index is -0.689. The van der Waals surface area contributed by atoms with E-state index in [1.54, 1.807) is 6.20 Å². The summed E-state index contributed by atoms with van der Waals surface area (Å²) in [6.07, 6.45) is 5.23. The lowest BCUT2D eigenvalue weighted by Gasteiger charge is -2.24. The van der Waals surface area contributed by atoms with Crippen LogP contribution < -0.4 is 0 Å². The number of rotatable bonds is 2. The summed E-state index contributed by atoms with van der Waals surface area (Å²) in [6, 6.07) is 3.74. The zero-order valence-corrected chi connectivity index (χ0v) is 8.86. The van der Waals surface area contributed by atoms with Crippen LogP contribution in [0.3, 0.4) is 0 Å². The number of aryl methyl sites for hydroxylation is 1. The van der Waals surface area contributed by atoms with Gasteiger partial charge < -0.3 is 5.11 Å². The highest BCUT2D eigenvalue weighted by Crippen LogP contribution is 2.41. The SMILES string of the molecule is Cc1cc(C2(C(=O)O)CCCC2)ccn1. The van der Waals surface area contributed by atoms with Crippen molar-refractivity contribution >= 4 is 5.97 Å². The van der Waals surface area contributed by atoms with Crippen LogP contribution in [0, 0.1) is 6.92 Å². The van der Waals surface area contributed by atoms with Gasteiger partial charge in [0.2, 0.25) is 0 Å². The Kier molecular flexibility index (Phi) is 2.47. The van der Waals surface area contributed by atoms with Crippen molar-refractivity contribution in [1.29, 1.82) is 0 Å². The van der Waals surface area contributed by atoms with Crippen molar-refractivity contribution in [3.63, 3.8) is 0 Å². The molecule has 3 nitrogen and oxygen atoms in total. The van der Waals surface area contributed by atoms with Crippen LogP contribution in [0.15, 0.2) is 18.3 Å². The fourth-order valence-electron chi connectivity index (χ4n) is 2.45. The maximum atomic E-state index is 11.4. The van der Waals surface area contributed by atoms with Gasteiger partial charge in [-0.15, -0.1) is 0 Å². The van der Waals surface area contributed by atoms with E-state index in [2.05, 4.69) is 4.98 Å². The quantitative estimate of drug-likeness (QED) is 0.805. The van der Waals surface area contributed by atoms with Gasteiger partial charge in [0.1, 0.15) is 0 Å². The largest absolute Gasteiger partial charge is 0.481 e. The number of carbonyl (C=O) groups is 1. The molecule has 0 unspecified atom stereocenters. The summed E-state index contributed by atoms with van der Waals surface area (Å²) < 4.78 is 0. The van der Waals surface area contributed by atoms with Crippen molar-refractivity contribution in [1.82, 2.24) is 4.98 Å². The number of pyridine rings is 1. The van der Waals surface area contributed by atoms with Gasteiger partial charge in [0, 0.05) is 11.9 Å². The average Bonchev–Trinajstić information content (AvgIpc) is 2.67. The van der Waals surface area contributed by atoms with E-state index in [4.69, 9.17) is 0 Å². The normalized spacial score (nSPS) is 19.0. The van der Waals surface area contributed by atoms with Gasteiger partial charge in [0.25, 0.3) is 0 Å². The fraction of sp³-hybridized carbons (Fsp3) is 0.500. The second kappa shape index (κ2) is 3.65. The summed E-state index contributed by atoms with van der Waals surface area (Å²) in [5, 5.41) is 9.39. The van der Waals surface area contributed by atoms with Gasteiger partial charge in [-0.2, -0.15) is 0 Å². The van der Waals surface area contributed by atoms with Gasteiger partial charge >= 0.3 is 5.97 Å². The highest BCUT2D eigenvalue weighted by atomic mass is 16.4. The Hall–Kier alpha value is -1.38. The molecule has 0 radical (unpaired) electrons. The van der Waals surface area contributed by atoms with Crippen LogP contribution in [-0.2, 0) is 10.2 Å². The third-order valence-corrected chi connectivity index (χ3v) is 3.32. The first kappa shape index (κ1) is 10.1. The second-order valence-corrected chi connectivity index (χ2v) is 4.28. The van der Waals surface area contributed by atoms with Crippen LogP contribution in [0.2, 0.25) is 0 Å². The van der Waals surface area contributed by atoms with Crippen molar-refractivity contribution in [2.24, 2.45) is 0 Å². The maximum absolute atomic E-state index is 11.4. The Labute approximate surface area is 89.2 Å². The zero-order chi connectivity index (χ0) is 10.9. The van der Waals surface area contributed by atoms with Crippen molar-refractivity contribution in [3.05, 3.63) is 29.6 Å². The fourth-order valence-corrected chi connectivity index (χ4v) is 2.45. The topological polar surface area (TPSA) is 50.2 Å². The van der Waals surface area contributed by atoms with E-state index in [-0.39, 0.29) is 0 Å². The third kappa shape index (κ3) is 1.62. The molecule has 80 valence electrons. The lowest BCUT2D eigenvalue weighted by molar-refractivity contribution is -0.143. The van der Waals surface area contributed by atoms with Crippen LogP contribution in [0.1, 0.15) is 36.9 Å². The molecule has 0 amide bonds. The van der Waals surface area contributed by atoms with Gasteiger partial charge in [-0.3, -0.25) is 9.78 Å². The Morgan fingerprint density at radius 1 is 1.47 bits per heavy atom. The van der Waals surface area contributed by atoms with E-state index in [9.17, 15) is 9.90 Å². The standard InChI is InChI=1S/C12H15NO2/c1-9-8-10(4-7-13-9)12(11(14)15)5-2-3-6-12/h4,7-8H,2-3,5-6H2,1H3,(H,14,15). The summed E-state index contributed by atoms with van der Waals surface area (Å²) in [5.74, 6) is -0.689. The average molecular weight is 205 g/mol. The van der Waals surface area contributed by atoms with E-state index in [0.29, 0.717) is 0 Å². The number of hydrogen-bond donors (Lipinski definition) is 1. The smallest absolute Gasteiger partial charge is 0.314 e. The molecular formula is C12H15NO2. The van der Waals surface area contributed by atoms with Crippen molar-refractivity contribution < 1.29 is 9.90 Å². The molecular weight excluding hydrogens is 190 g/mol. The Morgan fingerprint density at radius 2 is 2.13 bits per heavy atom. The third-order valence-electron chi connectivity index (χ3n) is 3.32. The van der Waals surface area contributed by atoms with Crippen LogP contribution in [-0.4, -0.2) is 16.1 Å². The molecule has 0 saturated heterocycles. The molecule has 2 rings (SSSR count). The predicted molar refractivity (Wildman–Crippen MR) is 56.8 cm³/mol. The maximum Gasteiger partial charge on any atom is 0.314 e. The number of nitrogens with zero attached hydrogens (tertiary/aromatic N) is 1. The van der Waals surface area contributed by atoms with E-state index >= 15 is 0 Å². The van der Waals surface area contributed by atoms with Gasteiger partial charge in [-0.1, -0.05) is 12.8 Å². The zero-order valence-electron chi connectivity index (χ0n) is 8.86. The molecule has 0 aromatic carbocycles. The van der Waals surface area contributed by atoms with Crippen LogP contribution in [0.4, 0.5) is 0 Å². The minimum absolute atomic E-state index is 0.645. The van der Waals surface area contributed by atoms with Crippen LogP contribution >= 0.6 is 0 Å². The van der Waals surface area contributed by atoms with Gasteiger partial charge in [0.15, 0.2) is 0 Å². The predicted octanol–water partition coefficient (Wildman–Crippen LogP) is 2.29. The molecule has 1 aromatic rings. The molecule has 3 heteroatoms. The number of hydrogen-bond acceptors (Lipinski definition) is 2. The molecule has 1 heterocycles. The first-order valence-corrected chi connectivity index (χ1v) is 5.32. The summed E-state index contributed by atoms with van der Waals surface area (Å²) in [4.78, 5) is 15.5. The summed E-state index contributed by atoms with van der Waals surface area (Å²) in [7, 11) is 0. The summed E-state index contributed by atoms with van der Waals surface area (Å²) >= 11 is 0. The molecule has 1 aromatic heterocycles. The van der Waals surface area contributed by atoms with Crippen molar-refractivity contribution in [2.45, 2.75) is 38.0 Å². The Morgan fingerprint density at radius 3 is 2.67 bits per heavy atom. The molecule has 0 atom stereocenters. The highest BCUT2D eigenvalue weighted by molar-refractivity contribution is 5.81. The summed E-state index contributed by atoms with van der Waals surface area (Å²) in [6.45, 7) is 1.90. The van der Waals surface area contributed by atoms with E-state index < -0.39 is 11.4 Å². The lowest BCUT2D eigenvalue weighted by Crippen LogP contribution is -2.32. The molecule has 1 N–H and O–H groups in total. The van der Waals surface area contributed by atoms with Crippen molar-refractivity contribution in [3.8, 4) is 0 Å². The van der Waals surface area contributed by atoms with Gasteiger partial charge in [0.05, 0.1) is 5.41 Å². The number of aliphatic carboxylic acids is 1. The number of aromatic nitrogens is 1. The van der Waals surface area contributed by atoms with E-state index in [1.165, 1.54) is 0 Å². The van der Waals surface area contributed by atoms with Gasteiger partial charge in [-0.05, 0) is 37.5 Å². The Balaban J connectivity index is 2.45. The first-order chi connectivity index (χ1) is 7.15. The molecule has 1 fully saturated rings. The lowest BCUT2D eigenvalue weighted by atomic mass is 9.79. The molecule has 15 heavy (non-hydrogen) atoms. The second-order valence-electron chi connectivity index (χ2n) is 4.28. The highest BCUT2D eigenvalue weighted by Gasteiger charge is 2.42. The monoisotopic (exact) mass is 205 g/mol. The van der Waals surface area contributed by atoms with E-state index in [0.717, 1.165) is 36.9 Å². The molecule has 0 bridgehead atoms. The minimum Gasteiger partial charge on any atom is -0.481 e. The first-order valence-electron chi connectivity index (χ1n) is 5.32. The van der Waals surface area contributed by atoms with Crippen LogP contribution in [0.5, 0.6) is 0 Å². The molecule has 1 aliphatic rings. The molecule has 1 aliphatic carbocycles. The Bertz CT molecular complexity index is 381. The molecule has 1 saturated carbocycles. The number of carboxylic acids is 1. The van der Waals surface area contributed by atoms with Gasteiger partial charge in [-0.25, -0.2) is 0 Å². The number of carboxylic acid groups (broad SMARTS) is 1. The van der Waals surface area contributed by atoms with Crippen LogP contribution in [0.25, 0.3) is 0 Å². The summed E-state index contributed by atoms with van der Waals surface area (Å²) in [5.41, 5.74) is 1.16. The molecule has 0 spiro atoms. The van der Waals surface area contributed by atoms with Crippen molar-refractivity contribution in [2.75, 3.05) is 0 Å². The van der Waals surface area contributed by atoms with E-state index in [1.807, 2.05) is 19.1 Å².